The molecule has 0 aromatic carbocycles. The van der Waals surface area contributed by atoms with Gasteiger partial charge >= 0.3 is 0 Å². The van der Waals surface area contributed by atoms with Crippen LogP contribution in [0.5, 0.6) is 0 Å². The van der Waals surface area contributed by atoms with E-state index in [-0.39, 0.29) is 13.0 Å². The van der Waals surface area contributed by atoms with Crippen LogP contribution in [0, 0.1) is 0 Å². The molecule has 1 aliphatic rings. The number of rotatable bonds is 4. The second-order valence-electron chi connectivity index (χ2n) is 3.47. The quantitative estimate of drug-likeness (QED) is 0.563. The Morgan fingerprint density at radius 2 is 2.07 bits per heavy atom. The number of ether oxygens (including phenoxy) is 2. The Hall–Kier alpha value is -0.200. The molecule has 0 aliphatic carbocycles. The Bertz CT molecular complexity index is 163. The Balaban J connectivity index is 2.42. The molecule has 14 heavy (non-hydrogen) atoms. The Morgan fingerprint density at radius 1 is 1.36 bits per heavy atom. The average Bonchev–Trinajstić information content (AvgIpc) is 2.17. The van der Waals surface area contributed by atoms with Crippen LogP contribution in [0.1, 0.15) is 19.8 Å². The summed E-state index contributed by atoms with van der Waals surface area (Å²) in [6.45, 7) is 2.18. The molecule has 1 aliphatic heterocycles. The summed E-state index contributed by atoms with van der Waals surface area (Å²) in [5.74, 6) is 0. The van der Waals surface area contributed by atoms with Crippen LogP contribution in [0.15, 0.2) is 0 Å². The first kappa shape index (κ1) is 11.9. The van der Waals surface area contributed by atoms with Crippen LogP contribution in [0.4, 0.5) is 0 Å². The Kier molecular flexibility index (Phi) is 4.77. The van der Waals surface area contributed by atoms with Crippen LogP contribution in [-0.2, 0) is 9.47 Å². The standard InChI is InChI=1S/C9H18O5/c1-2-3-13-9-7(12)4-6(11)8(5-10)14-9/h6-12H,2-5H2,1H3/t6-,7?,8?,9-/m0/s1. The summed E-state index contributed by atoms with van der Waals surface area (Å²) >= 11 is 0. The van der Waals surface area contributed by atoms with Gasteiger partial charge in [-0.15, -0.1) is 0 Å². The molecule has 84 valence electrons. The van der Waals surface area contributed by atoms with Crippen molar-refractivity contribution in [1.29, 1.82) is 0 Å². The molecular formula is C9H18O5. The van der Waals surface area contributed by atoms with Gasteiger partial charge in [-0.3, -0.25) is 0 Å². The van der Waals surface area contributed by atoms with E-state index in [1.54, 1.807) is 0 Å². The normalized spacial score (nSPS) is 38.6. The number of aliphatic hydroxyl groups excluding tert-OH is 3. The minimum absolute atomic E-state index is 0.180. The van der Waals surface area contributed by atoms with Crippen LogP contribution in [-0.4, -0.2) is 53.1 Å². The van der Waals surface area contributed by atoms with E-state index in [1.807, 2.05) is 6.92 Å². The first-order valence-corrected chi connectivity index (χ1v) is 4.93. The SMILES string of the molecule is CCCO[C@H]1OC(CO)[C@@H](O)CC1O. The third-order valence-corrected chi connectivity index (χ3v) is 2.20. The maximum Gasteiger partial charge on any atom is 0.184 e. The molecule has 1 heterocycles. The topological polar surface area (TPSA) is 79.2 Å². The van der Waals surface area contributed by atoms with Gasteiger partial charge in [-0.1, -0.05) is 6.92 Å². The molecule has 5 nitrogen and oxygen atoms in total. The zero-order valence-electron chi connectivity index (χ0n) is 8.30. The van der Waals surface area contributed by atoms with E-state index < -0.39 is 24.6 Å². The van der Waals surface area contributed by atoms with Gasteiger partial charge in [0.2, 0.25) is 0 Å². The molecule has 0 amide bonds. The van der Waals surface area contributed by atoms with Crippen LogP contribution in [0.3, 0.4) is 0 Å². The van der Waals surface area contributed by atoms with E-state index in [1.165, 1.54) is 0 Å². The predicted octanol–water partition coefficient (Wildman–Crippen LogP) is -0.758. The highest BCUT2D eigenvalue weighted by Gasteiger charge is 2.36. The van der Waals surface area contributed by atoms with Crippen LogP contribution < -0.4 is 0 Å². The largest absolute Gasteiger partial charge is 0.394 e. The summed E-state index contributed by atoms with van der Waals surface area (Å²) in [4.78, 5) is 0. The van der Waals surface area contributed by atoms with Gasteiger partial charge in [0.1, 0.15) is 12.2 Å². The molecule has 2 unspecified atom stereocenters. The number of aliphatic hydroxyl groups is 3. The molecule has 0 aromatic rings. The van der Waals surface area contributed by atoms with E-state index >= 15 is 0 Å². The maximum absolute atomic E-state index is 9.49. The summed E-state index contributed by atoms with van der Waals surface area (Å²) in [5, 5.41) is 27.7. The second kappa shape index (κ2) is 5.63. The van der Waals surface area contributed by atoms with E-state index in [4.69, 9.17) is 14.6 Å². The third-order valence-electron chi connectivity index (χ3n) is 2.20. The van der Waals surface area contributed by atoms with E-state index in [0.29, 0.717) is 6.61 Å². The zero-order valence-corrected chi connectivity index (χ0v) is 8.30. The van der Waals surface area contributed by atoms with Crippen molar-refractivity contribution in [2.45, 2.75) is 44.4 Å². The van der Waals surface area contributed by atoms with Crippen molar-refractivity contribution in [3.63, 3.8) is 0 Å². The van der Waals surface area contributed by atoms with Gasteiger partial charge in [-0.25, -0.2) is 0 Å². The zero-order chi connectivity index (χ0) is 10.6. The average molecular weight is 206 g/mol. The molecule has 1 rings (SSSR count). The Morgan fingerprint density at radius 3 is 2.64 bits per heavy atom. The molecule has 1 saturated heterocycles. The lowest BCUT2D eigenvalue weighted by Gasteiger charge is -2.36. The number of hydrogen-bond acceptors (Lipinski definition) is 5. The van der Waals surface area contributed by atoms with Gasteiger partial charge in [0.15, 0.2) is 6.29 Å². The monoisotopic (exact) mass is 206 g/mol. The highest BCUT2D eigenvalue weighted by Crippen LogP contribution is 2.21. The fourth-order valence-electron chi connectivity index (χ4n) is 1.41. The molecule has 1 fully saturated rings. The fourth-order valence-corrected chi connectivity index (χ4v) is 1.41. The molecule has 0 spiro atoms. The van der Waals surface area contributed by atoms with Crippen LogP contribution in [0.25, 0.3) is 0 Å². The second-order valence-corrected chi connectivity index (χ2v) is 3.47. The van der Waals surface area contributed by atoms with Crippen LogP contribution >= 0.6 is 0 Å². The van der Waals surface area contributed by atoms with Gasteiger partial charge in [-0.05, 0) is 6.42 Å². The molecule has 0 saturated carbocycles. The highest BCUT2D eigenvalue weighted by atomic mass is 16.7. The smallest absolute Gasteiger partial charge is 0.184 e. The highest BCUT2D eigenvalue weighted by molar-refractivity contribution is 4.80. The van der Waals surface area contributed by atoms with E-state index in [2.05, 4.69) is 0 Å². The summed E-state index contributed by atoms with van der Waals surface area (Å²) in [6, 6.07) is 0. The first-order valence-electron chi connectivity index (χ1n) is 4.93. The lowest BCUT2D eigenvalue weighted by atomic mass is 10.0. The van der Waals surface area contributed by atoms with Crippen LogP contribution in [0.2, 0.25) is 0 Å². The van der Waals surface area contributed by atoms with Gasteiger partial charge in [0.25, 0.3) is 0 Å². The van der Waals surface area contributed by atoms with Gasteiger partial charge in [0, 0.05) is 13.0 Å². The maximum atomic E-state index is 9.49. The molecule has 5 heteroatoms. The van der Waals surface area contributed by atoms with Gasteiger partial charge in [0.05, 0.1) is 12.7 Å². The van der Waals surface area contributed by atoms with Crippen molar-refractivity contribution >= 4 is 0 Å². The fraction of sp³-hybridized carbons (Fsp3) is 1.00. The summed E-state index contributed by atoms with van der Waals surface area (Å²) in [5.41, 5.74) is 0. The summed E-state index contributed by atoms with van der Waals surface area (Å²) < 4.78 is 10.4. The third kappa shape index (κ3) is 2.90. The van der Waals surface area contributed by atoms with Crippen molar-refractivity contribution in [2.75, 3.05) is 13.2 Å². The van der Waals surface area contributed by atoms with Gasteiger partial charge < -0.3 is 24.8 Å². The minimum Gasteiger partial charge on any atom is -0.394 e. The van der Waals surface area contributed by atoms with E-state index in [9.17, 15) is 10.2 Å². The molecule has 0 bridgehead atoms. The molecular weight excluding hydrogens is 188 g/mol. The number of hydrogen-bond donors (Lipinski definition) is 3. The lowest BCUT2D eigenvalue weighted by Crippen LogP contribution is -2.49. The van der Waals surface area contributed by atoms with Crippen molar-refractivity contribution in [3.05, 3.63) is 0 Å². The van der Waals surface area contributed by atoms with Gasteiger partial charge in [-0.2, -0.15) is 0 Å². The van der Waals surface area contributed by atoms with E-state index in [0.717, 1.165) is 6.42 Å². The molecule has 4 atom stereocenters. The minimum atomic E-state index is -0.823. The van der Waals surface area contributed by atoms with Crippen molar-refractivity contribution in [2.24, 2.45) is 0 Å². The molecule has 0 aromatic heterocycles. The summed E-state index contributed by atoms with van der Waals surface area (Å²) in [7, 11) is 0. The first-order chi connectivity index (χ1) is 6.69. The molecule has 0 radical (unpaired) electrons. The van der Waals surface area contributed by atoms with Crippen molar-refractivity contribution in [1.82, 2.24) is 0 Å². The Labute approximate surface area is 83.3 Å². The lowest BCUT2D eigenvalue weighted by molar-refractivity contribution is -0.270. The molecule has 3 N–H and O–H groups in total. The summed E-state index contributed by atoms with van der Waals surface area (Å²) in [6.07, 6.45) is -2.01. The predicted molar refractivity (Wildman–Crippen MR) is 48.6 cm³/mol. The van der Waals surface area contributed by atoms with Crippen molar-refractivity contribution < 1.29 is 24.8 Å². The van der Waals surface area contributed by atoms with Crippen molar-refractivity contribution in [3.8, 4) is 0 Å².